The zero-order valence-electron chi connectivity index (χ0n) is 17.9. The van der Waals surface area contributed by atoms with Crippen LogP contribution in [0.15, 0.2) is 17.1 Å². The molecule has 1 N–H and O–H groups in total. The molecule has 2 heterocycles. The highest BCUT2D eigenvalue weighted by Gasteiger charge is 2.28. The molecule has 0 unspecified atom stereocenters. The fourth-order valence-corrected chi connectivity index (χ4v) is 4.31. The molecule has 1 aliphatic heterocycles. The van der Waals surface area contributed by atoms with Crippen LogP contribution < -0.4 is 10.3 Å². The number of piperidine rings is 1. The summed E-state index contributed by atoms with van der Waals surface area (Å²) >= 11 is 0. The van der Waals surface area contributed by atoms with E-state index in [4.69, 9.17) is 0 Å². The maximum atomic E-state index is 15.4. The average Bonchev–Trinajstić information content (AvgIpc) is 2.61. The molecule has 1 aliphatic rings. The Balaban J connectivity index is 2.40. The van der Waals surface area contributed by atoms with Crippen LogP contribution in [0.5, 0.6) is 0 Å². The van der Waals surface area contributed by atoms with E-state index in [-0.39, 0.29) is 35.2 Å². The van der Waals surface area contributed by atoms with Crippen LogP contribution in [-0.2, 0) is 0 Å². The van der Waals surface area contributed by atoms with Crippen LogP contribution in [0.1, 0.15) is 83.4 Å². The fourth-order valence-electron chi connectivity index (χ4n) is 4.31. The van der Waals surface area contributed by atoms with Gasteiger partial charge in [0.15, 0.2) is 5.43 Å². The third kappa shape index (κ3) is 3.57. The van der Waals surface area contributed by atoms with Crippen molar-refractivity contribution in [3.05, 3.63) is 39.4 Å². The van der Waals surface area contributed by atoms with Crippen LogP contribution in [0.2, 0.25) is 0 Å². The molecule has 3 rings (SSSR count). The van der Waals surface area contributed by atoms with Gasteiger partial charge < -0.3 is 14.6 Å². The predicted molar refractivity (Wildman–Crippen MR) is 114 cm³/mol. The number of aliphatic hydroxyl groups is 1. The van der Waals surface area contributed by atoms with Gasteiger partial charge in [-0.15, -0.1) is 0 Å². The highest BCUT2D eigenvalue weighted by Crippen LogP contribution is 2.38. The van der Waals surface area contributed by atoms with Crippen LogP contribution in [0.25, 0.3) is 10.9 Å². The summed E-state index contributed by atoms with van der Waals surface area (Å²) in [6, 6.07) is 1.59. The zero-order chi connectivity index (χ0) is 20.7. The number of anilines is 1. The van der Waals surface area contributed by atoms with E-state index >= 15 is 4.39 Å². The van der Waals surface area contributed by atoms with Crippen molar-refractivity contribution < 1.29 is 9.50 Å². The number of aliphatic hydroxyl groups excluding tert-OH is 1. The van der Waals surface area contributed by atoms with E-state index in [2.05, 4.69) is 32.3 Å². The summed E-state index contributed by atoms with van der Waals surface area (Å²) in [5.74, 6) is -0.189. The lowest BCUT2D eigenvalue weighted by Crippen LogP contribution is -2.37. The molecule has 1 aromatic heterocycles. The summed E-state index contributed by atoms with van der Waals surface area (Å²) in [6.07, 6.45) is 2.93. The Bertz CT molecular complexity index is 923. The number of benzene rings is 1. The number of rotatable bonds is 4. The summed E-state index contributed by atoms with van der Waals surface area (Å²) in [5.41, 5.74) is 3.00. The minimum absolute atomic E-state index is 0.0642. The third-order valence-corrected chi connectivity index (χ3v) is 5.84. The van der Waals surface area contributed by atoms with Crippen molar-refractivity contribution in [1.82, 2.24) is 4.57 Å². The van der Waals surface area contributed by atoms with Gasteiger partial charge in [-0.1, -0.05) is 27.7 Å². The second kappa shape index (κ2) is 7.86. The Kier molecular flexibility index (Phi) is 5.85. The smallest absolute Gasteiger partial charge is 0.192 e. The molecule has 1 aromatic carbocycles. The molecule has 1 saturated heterocycles. The molecule has 154 valence electrons. The SMILES string of the molecule is CC(C)c1cn(C(C)C)c2c(C(C)C)c(N3CCC(O)CC3)c(F)cc2c1=O. The van der Waals surface area contributed by atoms with Crippen molar-refractivity contribution in [2.24, 2.45) is 0 Å². The monoisotopic (exact) mass is 388 g/mol. The molecule has 0 amide bonds. The second-order valence-corrected chi connectivity index (χ2v) is 8.96. The predicted octanol–water partition coefficient (Wildman–Crippen LogP) is 4.93. The van der Waals surface area contributed by atoms with E-state index in [0.29, 0.717) is 37.0 Å². The van der Waals surface area contributed by atoms with Gasteiger partial charge in [-0.05, 0) is 44.6 Å². The zero-order valence-corrected chi connectivity index (χ0v) is 17.9. The molecular weight excluding hydrogens is 355 g/mol. The average molecular weight is 389 g/mol. The Morgan fingerprint density at radius 1 is 1.07 bits per heavy atom. The first kappa shape index (κ1) is 20.8. The quantitative estimate of drug-likeness (QED) is 0.808. The summed E-state index contributed by atoms with van der Waals surface area (Å²) < 4.78 is 17.6. The molecule has 2 aromatic rings. The van der Waals surface area contributed by atoms with Crippen molar-refractivity contribution in [3.8, 4) is 0 Å². The molecule has 0 aliphatic carbocycles. The summed E-state index contributed by atoms with van der Waals surface area (Å²) in [5, 5.41) is 10.3. The van der Waals surface area contributed by atoms with Crippen LogP contribution in [-0.4, -0.2) is 28.9 Å². The molecule has 28 heavy (non-hydrogen) atoms. The maximum absolute atomic E-state index is 15.4. The number of hydrogen-bond acceptors (Lipinski definition) is 3. The molecule has 0 spiro atoms. The Hall–Kier alpha value is -1.88. The van der Waals surface area contributed by atoms with Crippen molar-refractivity contribution in [2.45, 2.75) is 78.4 Å². The van der Waals surface area contributed by atoms with Gasteiger partial charge in [0.05, 0.1) is 17.3 Å². The largest absolute Gasteiger partial charge is 0.393 e. The van der Waals surface area contributed by atoms with Crippen LogP contribution >= 0.6 is 0 Å². The highest BCUT2D eigenvalue weighted by molar-refractivity contribution is 5.89. The molecule has 0 radical (unpaired) electrons. The summed E-state index contributed by atoms with van der Waals surface area (Å²) in [4.78, 5) is 15.2. The number of aromatic nitrogens is 1. The fraction of sp³-hybridized carbons (Fsp3) is 0.609. The molecule has 5 heteroatoms. The van der Waals surface area contributed by atoms with E-state index < -0.39 is 0 Å². The van der Waals surface area contributed by atoms with Crippen molar-refractivity contribution in [2.75, 3.05) is 18.0 Å². The van der Waals surface area contributed by atoms with Gasteiger partial charge in [-0.3, -0.25) is 4.79 Å². The molecule has 1 fully saturated rings. The first-order valence-corrected chi connectivity index (χ1v) is 10.5. The van der Waals surface area contributed by atoms with Gasteiger partial charge in [-0.2, -0.15) is 0 Å². The van der Waals surface area contributed by atoms with E-state index in [1.165, 1.54) is 6.07 Å². The number of pyridine rings is 1. The minimum Gasteiger partial charge on any atom is -0.393 e. The highest BCUT2D eigenvalue weighted by atomic mass is 19.1. The lowest BCUT2D eigenvalue weighted by molar-refractivity contribution is 0.145. The Morgan fingerprint density at radius 3 is 2.18 bits per heavy atom. The minimum atomic E-state index is -0.332. The molecule has 0 saturated carbocycles. The van der Waals surface area contributed by atoms with E-state index in [0.717, 1.165) is 16.6 Å². The molecule has 0 bridgehead atoms. The Morgan fingerprint density at radius 2 is 1.68 bits per heavy atom. The standard InChI is InChI=1S/C23H33FN2O2/c1-13(2)18-12-26(15(5)6)21-17(23(18)28)11-19(24)22(20(21)14(3)4)25-9-7-16(27)8-10-25/h11-16,27H,7-10H2,1-6H3. The first-order valence-electron chi connectivity index (χ1n) is 10.5. The third-order valence-electron chi connectivity index (χ3n) is 5.84. The van der Waals surface area contributed by atoms with Crippen LogP contribution in [0, 0.1) is 5.82 Å². The lowest BCUT2D eigenvalue weighted by atomic mass is 9.92. The van der Waals surface area contributed by atoms with Crippen molar-refractivity contribution >= 4 is 16.6 Å². The van der Waals surface area contributed by atoms with Gasteiger partial charge in [0.2, 0.25) is 0 Å². The van der Waals surface area contributed by atoms with E-state index in [1.807, 2.05) is 24.9 Å². The number of halogens is 1. The van der Waals surface area contributed by atoms with Crippen molar-refractivity contribution in [3.63, 3.8) is 0 Å². The van der Waals surface area contributed by atoms with E-state index in [1.54, 1.807) is 0 Å². The maximum Gasteiger partial charge on any atom is 0.192 e. The van der Waals surface area contributed by atoms with Gasteiger partial charge in [0.25, 0.3) is 0 Å². The summed E-state index contributed by atoms with van der Waals surface area (Å²) in [6.45, 7) is 13.6. The topological polar surface area (TPSA) is 45.5 Å². The van der Waals surface area contributed by atoms with E-state index in [9.17, 15) is 9.90 Å². The molecule has 0 atom stereocenters. The van der Waals surface area contributed by atoms with Gasteiger partial charge in [-0.25, -0.2) is 4.39 Å². The van der Waals surface area contributed by atoms with Gasteiger partial charge >= 0.3 is 0 Å². The number of nitrogens with zero attached hydrogens (tertiary/aromatic N) is 2. The van der Waals surface area contributed by atoms with Crippen molar-refractivity contribution in [1.29, 1.82) is 0 Å². The van der Waals surface area contributed by atoms with Crippen LogP contribution in [0.4, 0.5) is 10.1 Å². The second-order valence-electron chi connectivity index (χ2n) is 8.96. The summed E-state index contributed by atoms with van der Waals surface area (Å²) in [7, 11) is 0. The molecular formula is C23H33FN2O2. The lowest BCUT2D eigenvalue weighted by Gasteiger charge is -2.35. The Labute approximate surface area is 167 Å². The number of hydrogen-bond donors (Lipinski definition) is 1. The molecule has 4 nitrogen and oxygen atoms in total. The first-order chi connectivity index (χ1) is 13.1. The van der Waals surface area contributed by atoms with Crippen LogP contribution in [0.3, 0.4) is 0 Å². The van der Waals surface area contributed by atoms with Gasteiger partial charge in [0, 0.05) is 41.8 Å². The van der Waals surface area contributed by atoms with Gasteiger partial charge in [0.1, 0.15) is 5.82 Å². The normalized spacial score (nSPS) is 16.2. The number of fused-ring (bicyclic) bond motifs is 1.